The van der Waals surface area contributed by atoms with Crippen LogP contribution in [0.1, 0.15) is 5.56 Å². The molecule has 1 nitrogen and oxygen atoms in total. The summed E-state index contributed by atoms with van der Waals surface area (Å²) >= 11 is 0. The first-order valence-corrected chi connectivity index (χ1v) is 9.68. The number of benzene rings is 3. The molecule has 0 radical (unpaired) electrons. The largest absolute Gasteiger partial charge is 0.673 e. The molecule has 0 aliphatic rings. The molecular weight excluding hydrogens is 363 g/mol. The number of fused-ring (bicyclic) bond motifs is 1. The molecule has 0 N–H and O–H groups in total. The summed E-state index contributed by atoms with van der Waals surface area (Å²) in [6, 6.07) is 23.7. The van der Waals surface area contributed by atoms with Crippen molar-refractivity contribution in [3.05, 3.63) is 72.3 Å². The van der Waals surface area contributed by atoms with Crippen molar-refractivity contribution in [2.24, 2.45) is 0 Å². The summed E-state index contributed by atoms with van der Waals surface area (Å²) < 4.78 is 44.2. The maximum absolute atomic E-state index is 9.75. The van der Waals surface area contributed by atoms with Gasteiger partial charge in [-0.3, -0.25) is 0 Å². The zero-order valence-electron chi connectivity index (χ0n) is 14.5. The lowest BCUT2D eigenvalue weighted by Gasteiger charge is -2.06. The summed E-state index contributed by atoms with van der Waals surface area (Å²) in [6.07, 6.45) is 2.30. The first-order valence-electron chi connectivity index (χ1n) is 7.88. The van der Waals surface area contributed by atoms with Gasteiger partial charge in [-0.1, -0.05) is 36.4 Å². The number of methoxy groups -OCH3 is 1. The number of ether oxygens (including phenoxy) is 1. The molecule has 0 heterocycles. The first kappa shape index (κ1) is 20.2. The van der Waals surface area contributed by atoms with Crippen LogP contribution in [0.5, 0.6) is 5.75 Å². The van der Waals surface area contributed by atoms with Crippen molar-refractivity contribution in [1.29, 1.82) is 0 Å². The van der Waals surface area contributed by atoms with E-state index in [4.69, 9.17) is 4.74 Å². The van der Waals surface area contributed by atoms with Crippen molar-refractivity contribution in [2.45, 2.75) is 10.6 Å². The average molecular weight is 382 g/mol. The standard InChI is InChI=1S/C19H19OS.BF4/c1-20-18-9-11-19(12-10-18)21(2)14-15-7-8-16-5-3-4-6-17(16)13-15;2-1(3,4)5/h3-13H,14H2,1-2H3;/q+1;-1. The molecule has 0 aliphatic carbocycles. The van der Waals surface area contributed by atoms with Crippen LogP contribution < -0.4 is 4.74 Å². The molecule has 3 aromatic carbocycles. The minimum Gasteiger partial charge on any atom is -0.497 e. The monoisotopic (exact) mass is 382 g/mol. The third kappa shape index (κ3) is 6.63. The maximum atomic E-state index is 9.75. The molecule has 0 saturated heterocycles. The van der Waals surface area contributed by atoms with Gasteiger partial charge in [0.25, 0.3) is 0 Å². The molecule has 1 unspecified atom stereocenters. The smallest absolute Gasteiger partial charge is 0.497 e. The van der Waals surface area contributed by atoms with Crippen LogP contribution in [0, 0.1) is 0 Å². The molecule has 0 aliphatic heterocycles. The fourth-order valence-corrected chi connectivity index (χ4v) is 3.92. The molecule has 3 rings (SSSR count). The summed E-state index contributed by atoms with van der Waals surface area (Å²) in [5.74, 6) is 2.00. The highest BCUT2D eigenvalue weighted by Gasteiger charge is 2.20. The first-order chi connectivity index (χ1) is 12.3. The molecule has 138 valence electrons. The molecule has 0 spiro atoms. The number of halogens is 4. The summed E-state index contributed by atoms with van der Waals surface area (Å²) in [5.41, 5.74) is 1.40. The van der Waals surface area contributed by atoms with E-state index in [9.17, 15) is 17.3 Å². The molecule has 7 heteroatoms. The van der Waals surface area contributed by atoms with E-state index >= 15 is 0 Å². The zero-order valence-corrected chi connectivity index (χ0v) is 15.3. The Labute approximate surface area is 153 Å². The van der Waals surface area contributed by atoms with Crippen LogP contribution in [0.15, 0.2) is 71.6 Å². The highest BCUT2D eigenvalue weighted by Crippen LogP contribution is 2.22. The van der Waals surface area contributed by atoms with Gasteiger partial charge in [0.15, 0.2) is 4.90 Å². The molecule has 0 amide bonds. The molecule has 0 fully saturated rings. The van der Waals surface area contributed by atoms with Gasteiger partial charge in [-0.25, -0.2) is 0 Å². The second-order valence-electron chi connectivity index (χ2n) is 5.63. The number of hydrogen-bond acceptors (Lipinski definition) is 1. The van der Waals surface area contributed by atoms with E-state index in [1.165, 1.54) is 21.2 Å². The van der Waals surface area contributed by atoms with Crippen LogP contribution >= 0.6 is 0 Å². The lowest BCUT2D eigenvalue weighted by molar-refractivity contribution is 0.368. The van der Waals surface area contributed by atoms with Crippen molar-refractivity contribution in [2.75, 3.05) is 13.4 Å². The van der Waals surface area contributed by atoms with Crippen LogP contribution in [0.2, 0.25) is 0 Å². The molecule has 0 aromatic heterocycles. The van der Waals surface area contributed by atoms with Crippen molar-refractivity contribution in [1.82, 2.24) is 0 Å². The van der Waals surface area contributed by atoms with Gasteiger partial charge in [-0.2, -0.15) is 0 Å². The normalized spacial score (nSPS) is 12.2. The van der Waals surface area contributed by atoms with Crippen LogP contribution in [0.3, 0.4) is 0 Å². The molecular formula is C19H19BF4OS. The van der Waals surface area contributed by atoms with Crippen molar-refractivity contribution < 1.29 is 22.0 Å². The van der Waals surface area contributed by atoms with Gasteiger partial charge in [-0.15, -0.1) is 0 Å². The Bertz CT molecular complexity index is 831. The zero-order chi connectivity index (χ0) is 19.2. The quantitative estimate of drug-likeness (QED) is 0.308. The molecule has 1 atom stereocenters. The van der Waals surface area contributed by atoms with Crippen LogP contribution in [0.4, 0.5) is 17.3 Å². The van der Waals surface area contributed by atoms with E-state index < -0.39 is 7.25 Å². The Morgan fingerprint density at radius 2 is 1.42 bits per heavy atom. The second kappa shape index (κ2) is 8.99. The van der Waals surface area contributed by atoms with Gasteiger partial charge in [0.1, 0.15) is 17.8 Å². The minimum atomic E-state index is -6.00. The summed E-state index contributed by atoms with van der Waals surface area (Å²) in [4.78, 5) is 1.38. The van der Waals surface area contributed by atoms with Gasteiger partial charge in [0.05, 0.1) is 7.11 Å². The van der Waals surface area contributed by atoms with Crippen molar-refractivity contribution in [3.63, 3.8) is 0 Å². The second-order valence-corrected chi connectivity index (χ2v) is 7.67. The number of hydrogen-bond donors (Lipinski definition) is 0. The number of rotatable bonds is 4. The van der Waals surface area contributed by atoms with Crippen molar-refractivity contribution in [3.8, 4) is 5.75 Å². The van der Waals surface area contributed by atoms with E-state index in [0.29, 0.717) is 0 Å². The predicted molar refractivity (Wildman–Crippen MR) is 102 cm³/mol. The highest BCUT2D eigenvalue weighted by atomic mass is 32.2. The minimum absolute atomic E-state index is 0.207. The van der Waals surface area contributed by atoms with Gasteiger partial charge in [-0.05, 0) is 41.1 Å². The summed E-state index contributed by atoms with van der Waals surface area (Å²) in [6.45, 7) is 0. The Morgan fingerprint density at radius 3 is 2.00 bits per heavy atom. The molecule has 0 bridgehead atoms. The topological polar surface area (TPSA) is 9.23 Å². The van der Waals surface area contributed by atoms with Crippen LogP contribution in [-0.4, -0.2) is 20.6 Å². The van der Waals surface area contributed by atoms with E-state index in [2.05, 4.69) is 60.9 Å². The Balaban J connectivity index is 0.000000431. The third-order valence-electron chi connectivity index (χ3n) is 3.66. The van der Waals surface area contributed by atoms with Crippen molar-refractivity contribution >= 4 is 28.9 Å². The lowest BCUT2D eigenvalue weighted by Crippen LogP contribution is -2.03. The Kier molecular flexibility index (Phi) is 6.97. The average Bonchev–Trinajstić information content (AvgIpc) is 2.60. The maximum Gasteiger partial charge on any atom is 0.673 e. The Morgan fingerprint density at radius 1 is 0.846 bits per heavy atom. The van der Waals surface area contributed by atoms with Gasteiger partial charge < -0.3 is 22.0 Å². The van der Waals surface area contributed by atoms with Gasteiger partial charge >= 0.3 is 7.25 Å². The van der Waals surface area contributed by atoms with E-state index in [0.717, 1.165) is 11.5 Å². The van der Waals surface area contributed by atoms with Crippen LogP contribution in [0.25, 0.3) is 10.8 Å². The summed E-state index contributed by atoms with van der Waals surface area (Å²) in [7, 11) is -4.09. The van der Waals surface area contributed by atoms with E-state index in [1.54, 1.807) is 7.11 Å². The Hall–Kier alpha value is -2.15. The SMILES string of the molecule is COc1ccc([S+](C)Cc2ccc3ccccc3c2)cc1.F[B-](F)(F)F. The fraction of sp³-hybridized carbons (Fsp3) is 0.158. The molecule has 3 aromatic rings. The van der Waals surface area contributed by atoms with E-state index in [1.807, 2.05) is 12.1 Å². The molecule has 26 heavy (non-hydrogen) atoms. The summed E-state index contributed by atoms with van der Waals surface area (Å²) in [5, 5.41) is 2.63. The predicted octanol–water partition coefficient (Wildman–Crippen LogP) is 5.96. The van der Waals surface area contributed by atoms with Gasteiger partial charge in [0, 0.05) is 16.5 Å². The molecule has 0 saturated carbocycles. The van der Waals surface area contributed by atoms with Crippen LogP contribution in [-0.2, 0) is 16.6 Å². The third-order valence-corrected chi connectivity index (χ3v) is 5.50. The highest BCUT2D eigenvalue weighted by molar-refractivity contribution is 7.95. The van der Waals surface area contributed by atoms with E-state index in [-0.39, 0.29) is 10.9 Å². The fourth-order valence-electron chi connectivity index (χ4n) is 2.47. The van der Waals surface area contributed by atoms with Gasteiger partial charge in [0.2, 0.25) is 0 Å². The lowest BCUT2D eigenvalue weighted by atomic mass is 10.1.